The maximum absolute atomic E-state index is 13.5. The Morgan fingerprint density at radius 2 is 1.57 bits per heavy atom. The molecular weight excluding hydrogens is 348 g/mol. The van der Waals surface area contributed by atoms with Gasteiger partial charge in [0, 0.05) is 25.6 Å². The molecule has 4 fully saturated rings. The van der Waals surface area contributed by atoms with Crippen LogP contribution in [0.1, 0.15) is 91.9 Å². The van der Waals surface area contributed by atoms with Gasteiger partial charge in [-0.05, 0) is 86.4 Å². The molecule has 4 saturated carbocycles. The molecule has 0 aliphatic heterocycles. The van der Waals surface area contributed by atoms with Gasteiger partial charge in [-0.3, -0.25) is 4.79 Å². The third-order valence-electron chi connectivity index (χ3n) is 9.42. The Morgan fingerprint density at radius 3 is 2.32 bits per heavy atom. The predicted octanol–water partition coefficient (Wildman–Crippen LogP) is 5.80. The Morgan fingerprint density at radius 1 is 0.893 bits per heavy atom. The van der Waals surface area contributed by atoms with E-state index in [1.807, 2.05) is 0 Å². The molecule has 3 heteroatoms. The minimum Gasteiger partial charge on any atom is -0.378 e. The highest BCUT2D eigenvalue weighted by Gasteiger charge is 2.63. The van der Waals surface area contributed by atoms with E-state index in [2.05, 4.69) is 27.7 Å². The lowest BCUT2D eigenvalue weighted by atomic mass is 9.45. The van der Waals surface area contributed by atoms with Crippen molar-refractivity contribution in [3.63, 3.8) is 0 Å². The maximum Gasteiger partial charge on any atom is 0.136 e. The summed E-state index contributed by atoms with van der Waals surface area (Å²) >= 11 is 0. The Balaban J connectivity index is 1.52. The average Bonchev–Trinajstić information content (AvgIpc) is 3.01. The van der Waals surface area contributed by atoms with Crippen molar-refractivity contribution in [2.45, 2.75) is 104 Å². The monoisotopic (exact) mass is 390 g/mol. The molecule has 0 saturated heterocycles. The molecule has 160 valence electrons. The first-order valence-electron chi connectivity index (χ1n) is 12.2. The van der Waals surface area contributed by atoms with E-state index >= 15 is 0 Å². The van der Waals surface area contributed by atoms with Crippen LogP contribution in [0.5, 0.6) is 0 Å². The van der Waals surface area contributed by atoms with Crippen molar-refractivity contribution in [2.75, 3.05) is 13.2 Å². The minimum absolute atomic E-state index is 0.219. The van der Waals surface area contributed by atoms with Crippen molar-refractivity contribution in [2.24, 2.45) is 34.5 Å². The van der Waals surface area contributed by atoms with Gasteiger partial charge < -0.3 is 9.47 Å². The van der Waals surface area contributed by atoms with Crippen molar-refractivity contribution < 1.29 is 14.3 Å². The first kappa shape index (κ1) is 20.8. The lowest BCUT2D eigenvalue weighted by Crippen LogP contribution is -2.57. The zero-order chi connectivity index (χ0) is 19.9. The first-order chi connectivity index (χ1) is 13.4. The second-order valence-corrected chi connectivity index (χ2v) is 10.9. The van der Waals surface area contributed by atoms with E-state index in [4.69, 9.17) is 9.47 Å². The van der Waals surface area contributed by atoms with Crippen molar-refractivity contribution in [1.29, 1.82) is 0 Å². The van der Waals surface area contributed by atoms with Gasteiger partial charge in [-0.25, -0.2) is 0 Å². The molecule has 0 spiro atoms. The summed E-state index contributed by atoms with van der Waals surface area (Å²) in [6.07, 6.45) is 12.1. The van der Waals surface area contributed by atoms with Crippen LogP contribution >= 0.6 is 0 Å². The van der Waals surface area contributed by atoms with Crippen LogP contribution in [0.4, 0.5) is 0 Å². The molecule has 28 heavy (non-hydrogen) atoms. The second-order valence-electron chi connectivity index (χ2n) is 10.9. The number of Topliss-reactive ketones (excluding diaryl/α,β-unsaturated/α-hetero) is 1. The first-order valence-corrected chi connectivity index (χ1v) is 12.2. The van der Waals surface area contributed by atoms with E-state index in [1.165, 1.54) is 32.1 Å². The smallest absolute Gasteiger partial charge is 0.136 e. The molecule has 4 aliphatic carbocycles. The Bertz CT molecular complexity index is 574. The number of fused-ring (bicyclic) bond motifs is 5. The quantitative estimate of drug-likeness (QED) is 0.575. The van der Waals surface area contributed by atoms with E-state index in [-0.39, 0.29) is 5.41 Å². The third-order valence-corrected chi connectivity index (χ3v) is 9.42. The highest BCUT2D eigenvalue weighted by molar-refractivity contribution is 5.83. The van der Waals surface area contributed by atoms with Crippen LogP contribution in [0, 0.1) is 34.5 Å². The van der Waals surface area contributed by atoms with Crippen LogP contribution in [0.25, 0.3) is 0 Å². The Kier molecular flexibility index (Phi) is 5.97. The van der Waals surface area contributed by atoms with E-state index in [1.54, 1.807) is 0 Å². The number of carbonyl (C=O) groups excluding carboxylic acids is 1. The molecule has 3 nitrogen and oxygen atoms in total. The molecule has 0 heterocycles. The Hall–Kier alpha value is -0.410. The number of ketones is 1. The fourth-order valence-corrected chi connectivity index (χ4v) is 7.81. The molecule has 0 N–H and O–H groups in total. The van der Waals surface area contributed by atoms with E-state index in [0.717, 1.165) is 45.3 Å². The molecule has 4 aliphatic rings. The van der Waals surface area contributed by atoms with Crippen LogP contribution in [-0.4, -0.2) is 31.2 Å². The molecule has 8 atom stereocenters. The van der Waals surface area contributed by atoms with Gasteiger partial charge in [0.25, 0.3) is 0 Å². The third kappa shape index (κ3) is 3.29. The van der Waals surface area contributed by atoms with Gasteiger partial charge in [0.2, 0.25) is 0 Å². The number of hydrogen-bond donors (Lipinski definition) is 0. The van der Waals surface area contributed by atoms with Crippen LogP contribution < -0.4 is 0 Å². The molecule has 0 radical (unpaired) electrons. The zero-order valence-electron chi connectivity index (χ0n) is 18.7. The largest absolute Gasteiger partial charge is 0.378 e. The van der Waals surface area contributed by atoms with E-state index in [0.29, 0.717) is 47.1 Å². The molecule has 0 aromatic carbocycles. The van der Waals surface area contributed by atoms with Gasteiger partial charge in [-0.15, -0.1) is 0 Å². The zero-order valence-corrected chi connectivity index (χ0v) is 18.7. The lowest BCUT2D eigenvalue weighted by molar-refractivity contribution is -0.166. The summed E-state index contributed by atoms with van der Waals surface area (Å²) in [5, 5.41) is 0. The molecule has 0 aromatic rings. The second kappa shape index (κ2) is 8.02. The fourth-order valence-electron chi connectivity index (χ4n) is 7.81. The molecule has 0 amide bonds. The molecule has 4 rings (SSSR count). The maximum atomic E-state index is 13.5. The summed E-state index contributed by atoms with van der Waals surface area (Å²) in [5.74, 6) is 2.55. The number of ether oxygens (including phenoxy) is 2. The lowest BCUT2D eigenvalue weighted by Gasteiger charge is -2.60. The summed E-state index contributed by atoms with van der Waals surface area (Å²) in [7, 11) is 0. The highest BCUT2D eigenvalue weighted by Crippen LogP contribution is 2.65. The average molecular weight is 391 g/mol. The molecule has 0 aromatic heterocycles. The van der Waals surface area contributed by atoms with E-state index < -0.39 is 0 Å². The van der Waals surface area contributed by atoms with Crippen molar-refractivity contribution in [3.05, 3.63) is 0 Å². The number of carbonyl (C=O) groups is 1. The van der Waals surface area contributed by atoms with Crippen molar-refractivity contribution >= 4 is 5.78 Å². The number of rotatable bonds is 6. The number of hydrogen-bond acceptors (Lipinski definition) is 3. The van der Waals surface area contributed by atoms with Gasteiger partial charge in [0.05, 0.1) is 12.2 Å². The van der Waals surface area contributed by atoms with Gasteiger partial charge in [0.1, 0.15) is 5.78 Å². The van der Waals surface area contributed by atoms with Crippen LogP contribution in [0.2, 0.25) is 0 Å². The highest BCUT2D eigenvalue weighted by atomic mass is 16.5. The normalized spacial score (nSPS) is 48.1. The van der Waals surface area contributed by atoms with Crippen LogP contribution in [0.3, 0.4) is 0 Å². The van der Waals surface area contributed by atoms with Gasteiger partial charge in [-0.2, -0.15) is 0 Å². The fraction of sp³-hybridized carbons (Fsp3) is 0.960. The van der Waals surface area contributed by atoms with Crippen LogP contribution in [0.15, 0.2) is 0 Å². The molecule has 0 bridgehead atoms. The minimum atomic E-state index is 0.219. The van der Waals surface area contributed by atoms with Crippen molar-refractivity contribution in [3.8, 4) is 0 Å². The summed E-state index contributed by atoms with van der Waals surface area (Å²) in [5.41, 5.74) is 0.560. The van der Waals surface area contributed by atoms with E-state index in [9.17, 15) is 4.79 Å². The summed E-state index contributed by atoms with van der Waals surface area (Å²) < 4.78 is 12.4. The van der Waals surface area contributed by atoms with Gasteiger partial charge in [-0.1, -0.05) is 27.7 Å². The van der Waals surface area contributed by atoms with Gasteiger partial charge >= 0.3 is 0 Å². The molecule has 0 unspecified atom stereocenters. The van der Waals surface area contributed by atoms with Crippen LogP contribution in [-0.2, 0) is 14.3 Å². The van der Waals surface area contributed by atoms with Gasteiger partial charge in [0.15, 0.2) is 0 Å². The summed E-state index contributed by atoms with van der Waals surface area (Å²) in [6, 6.07) is 0. The topological polar surface area (TPSA) is 35.5 Å². The summed E-state index contributed by atoms with van der Waals surface area (Å²) in [4.78, 5) is 13.5. The SMILES string of the molecule is CCCO[C@H]1CC[C@@]2(C)[C@H](CC(=O)[C@@H]3[C@H]2CC[C@@]2(C)[C@@H](OCCC)CC[C@H]32)C1. The summed E-state index contributed by atoms with van der Waals surface area (Å²) in [6.45, 7) is 11.1. The Labute approximate surface area is 172 Å². The standard InChI is InChI=1S/C25H42O3/c1-5-13-27-18-9-11-24(3)17(15-18)16-21(26)23-19-7-8-22(28-14-6-2)25(19,4)12-10-20(23)24/h17-20,22-23H,5-16H2,1-4H3/t17-,18-,19+,20+,22-,23-,24-,25+/m0/s1. The predicted molar refractivity (Wildman–Crippen MR) is 112 cm³/mol. The molecular formula is C25H42O3. The van der Waals surface area contributed by atoms with Crippen molar-refractivity contribution in [1.82, 2.24) is 0 Å².